The second kappa shape index (κ2) is 6.13. The fourth-order valence-electron chi connectivity index (χ4n) is 1.43. The molecule has 0 radical (unpaired) electrons. The first-order valence-corrected chi connectivity index (χ1v) is 5.47. The molecule has 0 aliphatic carbocycles. The third-order valence-corrected chi connectivity index (χ3v) is 2.57. The van der Waals surface area contributed by atoms with Crippen LogP contribution >= 0.6 is 0 Å². The maximum absolute atomic E-state index is 11.1. The lowest BCUT2D eigenvalue weighted by Crippen LogP contribution is -2.59. The number of carboxylic acids is 2. The van der Waals surface area contributed by atoms with Crippen LogP contribution in [0, 0.1) is 0 Å². The fourth-order valence-corrected chi connectivity index (χ4v) is 1.43. The van der Waals surface area contributed by atoms with Crippen molar-refractivity contribution in [1.29, 1.82) is 0 Å². The Labute approximate surface area is 104 Å². The van der Waals surface area contributed by atoms with Crippen LogP contribution in [0.1, 0.15) is 18.4 Å². The largest absolute Gasteiger partial charge is 0.481 e. The number of nitrogens with two attached hydrogens (primary N) is 1. The van der Waals surface area contributed by atoms with Crippen LogP contribution in [0.4, 0.5) is 0 Å². The lowest BCUT2D eigenvalue weighted by molar-refractivity contribution is -0.146. The number of nitrogens with one attached hydrogen (secondary N) is 1. The van der Waals surface area contributed by atoms with Gasteiger partial charge in [-0.2, -0.15) is 0 Å². The van der Waals surface area contributed by atoms with E-state index in [4.69, 9.17) is 15.9 Å². The van der Waals surface area contributed by atoms with Gasteiger partial charge in [-0.3, -0.25) is 10.1 Å². The van der Waals surface area contributed by atoms with Gasteiger partial charge in [0.25, 0.3) is 0 Å². The SMILES string of the molecule is N[C@](CCC(=O)O)(NCc1ccccc1)C(=O)O. The summed E-state index contributed by atoms with van der Waals surface area (Å²) < 4.78 is 0. The second-order valence-electron chi connectivity index (χ2n) is 4.01. The summed E-state index contributed by atoms with van der Waals surface area (Å²) in [6, 6.07) is 9.15. The molecule has 98 valence electrons. The Morgan fingerprint density at radius 1 is 1.22 bits per heavy atom. The van der Waals surface area contributed by atoms with E-state index in [2.05, 4.69) is 5.32 Å². The standard InChI is InChI=1S/C12H16N2O4/c13-12(11(17)18,7-6-10(15)16)14-8-9-4-2-1-3-5-9/h1-5,14H,6-8,13H2,(H,15,16)(H,17,18)/t12-/m1/s1. The van der Waals surface area contributed by atoms with Crippen LogP contribution in [0.25, 0.3) is 0 Å². The van der Waals surface area contributed by atoms with Crippen LogP contribution in [0.15, 0.2) is 30.3 Å². The molecular formula is C12H16N2O4. The van der Waals surface area contributed by atoms with Crippen LogP contribution in [0.5, 0.6) is 0 Å². The molecule has 18 heavy (non-hydrogen) atoms. The van der Waals surface area contributed by atoms with Crippen LogP contribution in [0.3, 0.4) is 0 Å². The van der Waals surface area contributed by atoms with Crippen molar-refractivity contribution in [2.24, 2.45) is 5.73 Å². The molecule has 0 spiro atoms. The van der Waals surface area contributed by atoms with Crippen molar-refractivity contribution in [3.63, 3.8) is 0 Å². The van der Waals surface area contributed by atoms with E-state index in [9.17, 15) is 9.59 Å². The van der Waals surface area contributed by atoms with E-state index < -0.39 is 17.6 Å². The lowest BCUT2D eigenvalue weighted by Gasteiger charge is -2.25. The Kier molecular flexibility index (Phi) is 4.82. The van der Waals surface area contributed by atoms with E-state index in [0.29, 0.717) is 0 Å². The highest BCUT2D eigenvalue weighted by molar-refractivity contribution is 5.79. The molecule has 0 saturated carbocycles. The predicted octanol–water partition coefficient (Wildman–Crippen LogP) is 0.381. The maximum Gasteiger partial charge on any atom is 0.338 e. The summed E-state index contributed by atoms with van der Waals surface area (Å²) >= 11 is 0. The normalized spacial score (nSPS) is 13.8. The summed E-state index contributed by atoms with van der Waals surface area (Å²) in [7, 11) is 0. The Balaban J connectivity index is 2.62. The molecule has 0 unspecified atom stereocenters. The number of aliphatic carboxylic acids is 2. The van der Waals surface area contributed by atoms with Crippen LogP contribution in [0.2, 0.25) is 0 Å². The molecule has 0 bridgehead atoms. The third kappa shape index (κ3) is 4.15. The minimum absolute atomic E-state index is 0.176. The van der Waals surface area contributed by atoms with E-state index in [1.807, 2.05) is 30.3 Å². The van der Waals surface area contributed by atoms with Crippen molar-refractivity contribution in [3.05, 3.63) is 35.9 Å². The van der Waals surface area contributed by atoms with Gasteiger partial charge in [-0.25, -0.2) is 4.79 Å². The summed E-state index contributed by atoms with van der Waals surface area (Å²) in [5, 5.41) is 20.3. The van der Waals surface area contributed by atoms with Gasteiger partial charge < -0.3 is 15.9 Å². The molecule has 0 aromatic heterocycles. The van der Waals surface area contributed by atoms with Crippen LogP contribution in [-0.2, 0) is 16.1 Å². The first-order valence-electron chi connectivity index (χ1n) is 5.47. The van der Waals surface area contributed by atoms with Crippen LogP contribution < -0.4 is 11.1 Å². The van der Waals surface area contributed by atoms with Gasteiger partial charge in [0.1, 0.15) is 0 Å². The molecule has 1 aromatic rings. The monoisotopic (exact) mass is 252 g/mol. The minimum atomic E-state index is -1.73. The van der Waals surface area contributed by atoms with E-state index in [-0.39, 0.29) is 19.4 Å². The first-order chi connectivity index (χ1) is 8.44. The van der Waals surface area contributed by atoms with Gasteiger partial charge >= 0.3 is 11.9 Å². The van der Waals surface area contributed by atoms with Crippen molar-refractivity contribution in [2.75, 3.05) is 0 Å². The van der Waals surface area contributed by atoms with E-state index in [0.717, 1.165) is 5.56 Å². The van der Waals surface area contributed by atoms with E-state index >= 15 is 0 Å². The predicted molar refractivity (Wildman–Crippen MR) is 64.7 cm³/mol. The van der Waals surface area contributed by atoms with Crippen molar-refractivity contribution < 1.29 is 19.8 Å². The molecule has 6 heteroatoms. The number of rotatable bonds is 7. The topological polar surface area (TPSA) is 113 Å². The Bertz CT molecular complexity index is 421. The van der Waals surface area contributed by atoms with Crippen molar-refractivity contribution in [2.45, 2.75) is 25.0 Å². The van der Waals surface area contributed by atoms with E-state index in [1.54, 1.807) is 0 Å². The Hall–Kier alpha value is -1.92. The highest BCUT2D eigenvalue weighted by Crippen LogP contribution is 2.09. The zero-order valence-corrected chi connectivity index (χ0v) is 9.80. The highest BCUT2D eigenvalue weighted by Gasteiger charge is 2.33. The zero-order valence-electron chi connectivity index (χ0n) is 9.80. The average Bonchev–Trinajstić information content (AvgIpc) is 2.35. The number of carbonyl (C=O) groups is 2. The number of benzene rings is 1. The molecule has 6 nitrogen and oxygen atoms in total. The molecule has 0 saturated heterocycles. The zero-order chi connectivity index (χ0) is 13.6. The summed E-state index contributed by atoms with van der Waals surface area (Å²) in [5.41, 5.74) is 4.81. The molecule has 1 aromatic carbocycles. The lowest BCUT2D eigenvalue weighted by atomic mass is 10.0. The number of hydrogen-bond donors (Lipinski definition) is 4. The molecule has 0 fully saturated rings. The molecule has 0 heterocycles. The summed E-state index contributed by atoms with van der Waals surface area (Å²) in [6.07, 6.45) is -0.477. The maximum atomic E-state index is 11.1. The van der Waals surface area contributed by atoms with Gasteiger partial charge in [0.2, 0.25) is 0 Å². The molecule has 1 rings (SSSR count). The Morgan fingerprint density at radius 2 is 1.83 bits per heavy atom. The summed E-state index contributed by atoms with van der Waals surface area (Å²) in [6.45, 7) is 0.267. The van der Waals surface area contributed by atoms with Gasteiger partial charge in [-0.05, 0) is 5.56 Å². The molecule has 5 N–H and O–H groups in total. The average molecular weight is 252 g/mol. The molecule has 0 aliphatic rings. The van der Waals surface area contributed by atoms with E-state index in [1.165, 1.54) is 0 Å². The van der Waals surface area contributed by atoms with Gasteiger partial charge in [0.15, 0.2) is 5.66 Å². The smallest absolute Gasteiger partial charge is 0.338 e. The first kappa shape index (κ1) is 14.1. The molecular weight excluding hydrogens is 236 g/mol. The quantitative estimate of drug-likeness (QED) is 0.522. The van der Waals surface area contributed by atoms with Crippen molar-refractivity contribution >= 4 is 11.9 Å². The van der Waals surface area contributed by atoms with Gasteiger partial charge in [-0.1, -0.05) is 30.3 Å². The summed E-state index contributed by atoms with van der Waals surface area (Å²) in [4.78, 5) is 21.5. The summed E-state index contributed by atoms with van der Waals surface area (Å²) in [5.74, 6) is -2.34. The van der Waals surface area contributed by atoms with Gasteiger partial charge in [0.05, 0.1) is 0 Å². The van der Waals surface area contributed by atoms with Gasteiger partial charge in [0, 0.05) is 19.4 Å². The highest BCUT2D eigenvalue weighted by atomic mass is 16.4. The van der Waals surface area contributed by atoms with Crippen LogP contribution in [-0.4, -0.2) is 27.8 Å². The number of hydrogen-bond acceptors (Lipinski definition) is 4. The molecule has 1 atom stereocenters. The van der Waals surface area contributed by atoms with Crippen molar-refractivity contribution in [1.82, 2.24) is 5.32 Å². The van der Waals surface area contributed by atoms with Crippen molar-refractivity contribution in [3.8, 4) is 0 Å². The van der Waals surface area contributed by atoms with Gasteiger partial charge in [-0.15, -0.1) is 0 Å². The Morgan fingerprint density at radius 3 is 2.33 bits per heavy atom. The molecule has 0 amide bonds. The molecule has 0 aliphatic heterocycles. The fraction of sp³-hybridized carbons (Fsp3) is 0.333. The minimum Gasteiger partial charge on any atom is -0.481 e. The number of carboxylic acid groups (broad SMARTS) is 2. The third-order valence-electron chi connectivity index (χ3n) is 2.57. The second-order valence-corrected chi connectivity index (χ2v) is 4.01.